The van der Waals surface area contributed by atoms with Gasteiger partial charge in [0.25, 0.3) is 0 Å². The average Bonchev–Trinajstić information content (AvgIpc) is 2.90. The van der Waals surface area contributed by atoms with Crippen molar-refractivity contribution in [3.63, 3.8) is 0 Å². The Labute approximate surface area is 124 Å². The largest absolute Gasteiger partial charge is 0.490 e. The number of rotatable bonds is 5. The highest BCUT2D eigenvalue weighted by Crippen LogP contribution is 2.32. The van der Waals surface area contributed by atoms with Crippen LogP contribution in [0.2, 0.25) is 0 Å². The lowest BCUT2D eigenvalue weighted by atomic mass is 10.1. The van der Waals surface area contributed by atoms with Crippen molar-refractivity contribution in [3.8, 4) is 11.5 Å². The van der Waals surface area contributed by atoms with Crippen molar-refractivity contribution >= 4 is 0 Å². The molecule has 1 aromatic carbocycles. The van der Waals surface area contributed by atoms with Gasteiger partial charge < -0.3 is 19.8 Å². The first-order chi connectivity index (χ1) is 10.3. The van der Waals surface area contributed by atoms with Gasteiger partial charge in [-0.2, -0.15) is 0 Å². The molecule has 0 saturated heterocycles. The number of benzene rings is 1. The predicted octanol–water partition coefficient (Wildman–Crippen LogP) is 2.46. The number of hydrogen-bond donors (Lipinski definition) is 2. The lowest BCUT2D eigenvalue weighted by molar-refractivity contribution is 0.297. The summed E-state index contributed by atoms with van der Waals surface area (Å²) in [6.07, 6.45) is 5.44. The van der Waals surface area contributed by atoms with Crippen LogP contribution in [0.3, 0.4) is 0 Å². The second-order valence-electron chi connectivity index (χ2n) is 5.26. The molecule has 0 fully saturated rings. The molecule has 0 bridgehead atoms. The maximum atomic E-state index is 5.74. The predicted molar refractivity (Wildman–Crippen MR) is 80.8 cm³/mol. The van der Waals surface area contributed by atoms with Crippen LogP contribution in [0, 0.1) is 0 Å². The summed E-state index contributed by atoms with van der Waals surface area (Å²) >= 11 is 0. The quantitative estimate of drug-likeness (QED) is 0.887. The van der Waals surface area contributed by atoms with Gasteiger partial charge in [0, 0.05) is 37.3 Å². The molecule has 2 N–H and O–H groups in total. The first-order valence-corrected chi connectivity index (χ1v) is 7.43. The summed E-state index contributed by atoms with van der Waals surface area (Å²) in [6, 6.07) is 6.45. The molecule has 5 nitrogen and oxygen atoms in total. The van der Waals surface area contributed by atoms with E-state index in [2.05, 4.69) is 34.3 Å². The third kappa shape index (κ3) is 3.55. The number of hydrogen-bond acceptors (Lipinski definition) is 4. The normalized spacial score (nSPS) is 15.5. The number of imidazole rings is 1. The van der Waals surface area contributed by atoms with Gasteiger partial charge >= 0.3 is 0 Å². The molecule has 0 saturated carbocycles. The number of ether oxygens (including phenoxy) is 2. The molecule has 21 heavy (non-hydrogen) atoms. The van der Waals surface area contributed by atoms with Crippen LogP contribution in [0.5, 0.6) is 11.5 Å². The SMILES string of the molecule is CC(NCCc1cnc[nH]1)c1ccc2c(c1)OCCCO2. The molecular formula is C16H21N3O2. The van der Waals surface area contributed by atoms with Crippen molar-refractivity contribution in [3.05, 3.63) is 42.0 Å². The van der Waals surface area contributed by atoms with E-state index in [1.165, 1.54) is 5.56 Å². The Morgan fingerprint density at radius 3 is 2.95 bits per heavy atom. The van der Waals surface area contributed by atoms with Crippen LogP contribution in [-0.4, -0.2) is 29.7 Å². The zero-order valence-corrected chi connectivity index (χ0v) is 12.3. The fourth-order valence-corrected chi connectivity index (χ4v) is 2.41. The number of nitrogens with zero attached hydrogens (tertiary/aromatic N) is 1. The van der Waals surface area contributed by atoms with Crippen LogP contribution < -0.4 is 14.8 Å². The van der Waals surface area contributed by atoms with Crippen molar-refractivity contribution in [2.24, 2.45) is 0 Å². The summed E-state index contributed by atoms with van der Waals surface area (Å²) in [5.74, 6) is 1.70. The minimum atomic E-state index is 0.269. The molecule has 2 aromatic rings. The molecule has 0 radical (unpaired) electrons. The summed E-state index contributed by atoms with van der Waals surface area (Å²) < 4.78 is 11.4. The van der Waals surface area contributed by atoms with Crippen LogP contribution >= 0.6 is 0 Å². The van der Waals surface area contributed by atoms with E-state index in [9.17, 15) is 0 Å². The van der Waals surface area contributed by atoms with Crippen LogP contribution in [0.4, 0.5) is 0 Å². The molecule has 1 atom stereocenters. The van der Waals surface area contributed by atoms with E-state index < -0.39 is 0 Å². The van der Waals surface area contributed by atoms with Gasteiger partial charge in [-0.15, -0.1) is 0 Å². The Morgan fingerprint density at radius 1 is 1.29 bits per heavy atom. The highest BCUT2D eigenvalue weighted by molar-refractivity contribution is 5.44. The van der Waals surface area contributed by atoms with E-state index in [1.807, 2.05) is 12.3 Å². The molecule has 112 valence electrons. The zero-order valence-electron chi connectivity index (χ0n) is 12.3. The van der Waals surface area contributed by atoms with Gasteiger partial charge in [0.05, 0.1) is 19.5 Å². The Balaban J connectivity index is 1.59. The smallest absolute Gasteiger partial charge is 0.161 e. The Bertz CT molecular complexity index is 569. The average molecular weight is 287 g/mol. The molecule has 0 amide bonds. The van der Waals surface area contributed by atoms with Gasteiger partial charge in [-0.05, 0) is 24.6 Å². The van der Waals surface area contributed by atoms with Crippen molar-refractivity contribution in [2.45, 2.75) is 25.8 Å². The molecule has 2 heterocycles. The molecule has 1 aliphatic heterocycles. The molecule has 1 aromatic heterocycles. The van der Waals surface area contributed by atoms with Crippen LogP contribution in [0.1, 0.15) is 30.6 Å². The van der Waals surface area contributed by atoms with Crippen LogP contribution in [0.15, 0.2) is 30.7 Å². The van der Waals surface area contributed by atoms with Gasteiger partial charge in [-0.3, -0.25) is 0 Å². The number of H-pyrrole nitrogens is 1. The van der Waals surface area contributed by atoms with E-state index >= 15 is 0 Å². The van der Waals surface area contributed by atoms with Gasteiger partial charge in [0.15, 0.2) is 11.5 Å². The molecule has 3 rings (SSSR count). The third-order valence-electron chi connectivity index (χ3n) is 3.67. The molecule has 5 heteroatoms. The summed E-state index contributed by atoms with van der Waals surface area (Å²) in [6.45, 7) is 4.51. The summed E-state index contributed by atoms with van der Waals surface area (Å²) in [7, 11) is 0. The minimum Gasteiger partial charge on any atom is -0.490 e. The maximum absolute atomic E-state index is 5.74. The van der Waals surface area contributed by atoms with Crippen molar-refractivity contribution in [1.29, 1.82) is 0 Å². The Morgan fingerprint density at radius 2 is 2.14 bits per heavy atom. The Hall–Kier alpha value is -2.01. The number of fused-ring (bicyclic) bond motifs is 1. The first kappa shape index (κ1) is 13.9. The van der Waals surface area contributed by atoms with E-state index in [0.717, 1.165) is 49.8 Å². The van der Waals surface area contributed by atoms with E-state index in [4.69, 9.17) is 9.47 Å². The standard InChI is InChI=1S/C16H21N3O2/c1-12(18-6-5-14-10-17-11-19-14)13-3-4-15-16(9-13)21-8-2-7-20-15/h3-4,9-12,18H,2,5-8H2,1H3,(H,17,19). The maximum Gasteiger partial charge on any atom is 0.161 e. The van der Waals surface area contributed by atoms with Gasteiger partial charge in [-0.25, -0.2) is 4.98 Å². The summed E-state index contributed by atoms with van der Waals surface area (Å²) in [5, 5.41) is 3.52. The number of aromatic amines is 1. The summed E-state index contributed by atoms with van der Waals surface area (Å²) in [4.78, 5) is 7.13. The van der Waals surface area contributed by atoms with Crippen molar-refractivity contribution in [1.82, 2.24) is 15.3 Å². The lowest BCUT2D eigenvalue weighted by Crippen LogP contribution is -2.21. The molecular weight excluding hydrogens is 266 g/mol. The molecule has 0 aliphatic carbocycles. The topological polar surface area (TPSA) is 59.2 Å². The third-order valence-corrected chi connectivity index (χ3v) is 3.67. The molecule has 1 aliphatic rings. The van der Waals surface area contributed by atoms with Gasteiger partial charge in [-0.1, -0.05) is 6.07 Å². The van der Waals surface area contributed by atoms with E-state index in [0.29, 0.717) is 0 Å². The number of nitrogens with one attached hydrogen (secondary N) is 2. The fourth-order valence-electron chi connectivity index (χ4n) is 2.41. The molecule has 0 spiro atoms. The van der Waals surface area contributed by atoms with Crippen LogP contribution in [0.25, 0.3) is 0 Å². The lowest BCUT2D eigenvalue weighted by Gasteiger charge is -2.16. The van der Waals surface area contributed by atoms with Crippen molar-refractivity contribution in [2.75, 3.05) is 19.8 Å². The van der Waals surface area contributed by atoms with E-state index in [1.54, 1.807) is 6.33 Å². The van der Waals surface area contributed by atoms with E-state index in [-0.39, 0.29) is 6.04 Å². The van der Waals surface area contributed by atoms with Crippen molar-refractivity contribution < 1.29 is 9.47 Å². The number of aromatic nitrogens is 2. The Kier molecular flexibility index (Phi) is 4.40. The monoisotopic (exact) mass is 287 g/mol. The highest BCUT2D eigenvalue weighted by atomic mass is 16.5. The highest BCUT2D eigenvalue weighted by Gasteiger charge is 2.13. The zero-order chi connectivity index (χ0) is 14.5. The van der Waals surface area contributed by atoms with Crippen LogP contribution in [-0.2, 0) is 6.42 Å². The van der Waals surface area contributed by atoms with Gasteiger partial charge in [0.2, 0.25) is 0 Å². The minimum absolute atomic E-state index is 0.269. The summed E-state index contributed by atoms with van der Waals surface area (Å²) in [5.41, 5.74) is 2.36. The first-order valence-electron chi connectivity index (χ1n) is 7.43. The van der Waals surface area contributed by atoms with Gasteiger partial charge in [0.1, 0.15) is 0 Å². The fraction of sp³-hybridized carbons (Fsp3) is 0.438. The second kappa shape index (κ2) is 6.63. The second-order valence-corrected chi connectivity index (χ2v) is 5.26. The molecule has 1 unspecified atom stereocenters.